The molecule has 16 nitrogen and oxygen atoms in total. The van der Waals surface area contributed by atoms with E-state index >= 15 is 0 Å². The van der Waals surface area contributed by atoms with Crippen molar-refractivity contribution in [2.45, 2.75) is 50.7 Å². The van der Waals surface area contributed by atoms with Gasteiger partial charge in [0.15, 0.2) is 11.5 Å². The van der Waals surface area contributed by atoms with Crippen molar-refractivity contribution in [2.75, 3.05) is 74.5 Å². The molecule has 7 heterocycles. The maximum absolute atomic E-state index is 13.4. The van der Waals surface area contributed by atoms with Crippen molar-refractivity contribution >= 4 is 52.7 Å². The molecule has 57 heavy (non-hydrogen) atoms. The quantitative estimate of drug-likeness (QED) is 0.272. The van der Waals surface area contributed by atoms with Gasteiger partial charge < -0.3 is 36.0 Å². The molecular weight excluding hydrogens is 727 g/mol. The maximum Gasteiger partial charge on any atom is 0.320 e. The zero-order chi connectivity index (χ0) is 39.5. The van der Waals surface area contributed by atoms with Crippen LogP contribution in [-0.4, -0.2) is 131 Å². The Hall–Kier alpha value is -6.03. The van der Waals surface area contributed by atoms with Crippen molar-refractivity contribution in [1.29, 1.82) is 0 Å². The smallest absolute Gasteiger partial charge is 0.320 e. The molecule has 1 aromatic heterocycles. The Bertz CT molecular complexity index is 2200. The predicted molar refractivity (Wildman–Crippen MR) is 212 cm³/mol. The number of imide groups is 1. The summed E-state index contributed by atoms with van der Waals surface area (Å²) >= 11 is 0. The van der Waals surface area contributed by atoms with Gasteiger partial charge in [0.1, 0.15) is 11.9 Å². The molecule has 3 aromatic rings. The van der Waals surface area contributed by atoms with Gasteiger partial charge in [-0.25, -0.2) is 14.8 Å². The van der Waals surface area contributed by atoms with Crippen molar-refractivity contribution in [3.05, 3.63) is 82.8 Å². The van der Waals surface area contributed by atoms with Crippen LogP contribution in [0.2, 0.25) is 0 Å². The second kappa shape index (κ2) is 14.5. The van der Waals surface area contributed by atoms with Crippen molar-refractivity contribution in [3.8, 4) is 0 Å². The topological polar surface area (TPSA) is 181 Å². The summed E-state index contributed by atoms with van der Waals surface area (Å²) in [5, 5.41) is 6.01. The normalized spacial score (nSPS) is 22.8. The van der Waals surface area contributed by atoms with Crippen LogP contribution >= 0.6 is 0 Å². The van der Waals surface area contributed by atoms with Crippen LogP contribution < -0.4 is 26.2 Å². The first-order chi connectivity index (χ1) is 27.5. The van der Waals surface area contributed by atoms with Gasteiger partial charge in [0, 0.05) is 88.9 Å². The third kappa shape index (κ3) is 6.81. The first-order valence-electron chi connectivity index (χ1n) is 19.8. The molecule has 0 saturated carbocycles. The number of allylic oxidation sites excluding steroid dienone is 1. The number of fused-ring (bicyclic) bond motifs is 2. The van der Waals surface area contributed by atoms with Crippen molar-refractivity contribution in [2.24, 2.45) is 11.7 Å². The van der Waals surface area contributed by atoms with Crippen LogP contribution in [0.1, 0.15) is 68.0 Å². The Morgan fingerprint density at radius 1 is 0.930 bits per heavy atom. The van der Waals surface area contributed by atoms with Gasteiger partial charge in [0.25, 0.3) is 17.7 Å². The lowest BCUT2D eigenvalue weighted by atomic mass is 9.94. The average Bonchev–Trinajstić information content (AvgIpc) is 3.65. The zero-order valence-electron chi connectivity index (χ0n) is 32.1. The molecule has 2 atom stereocenters. The number of benzene rings is 2. The number of carbonyl (C=O) groups is 5. The van der Waals surface area contributed by atoms with E-state index in [2.05, 4.69) is 49.0 Å². The Morgan fingerprint density at radius 2 is 1.75 bits per heavy atom. The van der Waals surface area contributed by atoms with Crippen LogP contribution in [0.5, 0.6) is 0 Å². The Balaban J connectivity index is 0.807. The number of hydrogen-bond donors (Lipinski definition) is 3. The van der Waals surface area contributed by atoms with Crippen molar-refractivity contribution < 1.29 is 24.0 Å². The number of carbonyl (C=O) groups excluding carboxylic acids is 5. The minimum Gasteiger partial charge on any atom is -0.371 e. The van der Waals surface area contributed by atoms with Crippen LogP contribution in [0.25, 0.3) is 0 Å². The molecule has 6 amide bonds. The summed E-state index contributed by atoms with van der Waals surface area (Å²) < 4.78 is 0. The zero-order valence-corrected chi connectivity index (χ0v) is 32.1. The minimum atomic E-state index is -0.825. The number of primary amides is 1. The Labute approximate surface area is 330 Å². The number of anilines is 4. The SMILES string of the molecule is C=C1CCC(N2C(=O)c3ccc(N4CC(CN5CCc6cc(Nc7nc(N8CCC[C@H](N9CCN(C)C9=O)C8)cnc7C(N)=O)ccc6C5)C4)cc3C2=O)C(=O)N1. The molecule has 16 heteroatoms. The summed E-state index contributed by atoms with van der Waals surface area (Å²) in [4.78, 5) is 85.1. The minimum absolute atomic E-state index is 0.0597. The average molecular weight is 774 g/mol. The first-order valence-corrected chi connectivity index (χ1v) is 19.8. The van der Waals surface area contributed by atoms with E-state index in [0.29, 0.717) is 53.8 Å². The van der Waals surface area contributed by atoms with Crippen LogP contribution in [-0.2, 0) is 17.8 Å². The second-order valence-corrected chi connectivity index (χ2v) is 16.2. The largest absolute Gasteiger partial charge is 0.371 e. The molecule has 0 spiro atoms. The number of amides is 6. The molecule has 9 rings (SSSR count). The highest BCUT2D eigenvalue weighted by molar-refractivity contribution is 6.23. The van der Waals surface area contributed by atoms with E-state index in [9.17, 15) is 24.0 Å². The van der Waals surface area contributed by atoms with Gasteiger partial charge in [-0.3, -0.25) is 29.0 Å². The highest BCUT2D eigenvalue weighted by Gasteiger charge is 2.44. The lowest BCUT2D eigenvalue weighted by Gasteiger charge is -2.44. The van der Waals surface area contributed by atoms with Crippen molar-refractivity contribution in [3.63, 3.8) is 0 Å². The molecule has 4 N–H and O–H groups in total. The number of aromatic nitrogens is 2. The maximum atomic E-state index is 13.4. The molecule has 6 aliphatic rings. The monoisotopic (exact) mass is 773 g/mol. The number of nitrogens with two attached hydrogens (primary N) is 1. The predicted octanol–water partition coefficient (Wildman–Crippen LogP) is 2.54. The molecule has 0 radical (unpaired) electrons. The number of piperidine rings is 2. The molecule has 296 valence electrons. The molecule has 0 bridgehead atoms. The number of urea groups is 1. The molecular formula is C41H47N11O5. The third-order valence-corrected chi connectivity index (χ3v) is 12.3. The molecule has 6 aliphatic heterocycles. The number of hydrogen-bond acceptors (Lipinski definition) is 11. The molecule has 4 saturated heterocycles. The number of nitrogens with zero attached hydrogens (tertiary/aromatic N) is 8. The van der Waals surface area contributed by atoms with Crippen LogP contribution in [0, 0.1) is 5.92 Å². The highest BCUT2D eigenvalue weighted by Crippen LogP contribution is 2.35. The van der Waals surface area contributed by atoms with Gasteiger partial charge >= 0.3 is 6.03 Å². The second-order valence-electron chi connectivity index (χ2n) is 16.2. The Morgan fingerprint density at radius 3 is 2.53 bits per heavy atom. The van der Waals surface area contributed by atoms with E-state index in [4.69, 9.17) is 10.7 Å². The number of rotatable bonds is 9. The van der Waals surface area contributed by atoms with Crippen LogP contribution in [0.3, 0.4) is 0 Å². The standard InChI is InChI=1S/C41H47N11O5/c1-24-5-10-33(38(54)44-24)52-39(55)31-9-8-29(17-32(31)40(52)56)50-20-25(21-50)19-48-13-11-26-16-28(7-6-27(26)22-48)45-37-35(36(42)53)43-18-34(46-37)49-12-3-4-30(23-49)51-15-14-47(2)41(51)57/h6-9,16-18,25,30,33H,1,3-5,10-15,19-23H2,2H3,(H2,42,53)(H,44,54)(H,45,46)/t30-,33?/m0/s1. The fraction of sp³-hybridized carbons (Fsp3) is 0.439. The number of likely N-dealkylation sites (N-methyl/N-ethyl adjacent to an activating group) is 1. The highest BCUT2D eigenvalue weighted by atomic mass is 16.2. The van der Waals surface area contributed by atoms with E-state index in [-0.39, 0.29) is 23.7 Å². The fourth-order valence-electron chi connectivity index (χ4n) is 9.20. The fourth-order valence-corrected chi connectivity index (χ4v) is 9.20. The molecule has 1 unspecified atom stereocenters. The van der Waals surface area contributed by atoms with Gasteiger partial charge in [-0.2, -0.15) is 0 Å². The van der Waals surface area contributed by atoms with Gasteiger partial charge in [0.05, 0.1) is 23.4 Å². The lowest BCUT2D eigenvalue weighted by molar-refractivity contribution is -0.125. The van der Waals surface area contributed by atoms with Crippen molar-refractivity contribution in [1.82, 2.24) is 34.9 Å². The molecule has 0 aliphatic carbocycles. The van der Waals surface area contributed by atoms with Gasteiger partial charge in [-0.05, 0) is 73.6 Å². The van der Waals surface area contributed by atoms with E-state index in [1.54, 1.807) is 23.2 Å². The number of nitrogens with one attached hydrogen (secondary N) is 2. The summed E-state index contributed by atoms with van der Waals surface area (Å²) in [6, 6.07) is 11.0. The summed E-state index contributed by atoms with van der Waals surface area (Å²) in [5.74, 6) is -0.462. The summed E-state index contributed by atoms with van der Waals surface area (Å²) in [5.41, 5.74) is 11.3. The first kappa shape index (κ1) is 36.6. The van der Waals surface area contributed by atoms with Crippen LogP contribution in [0.15, 0.2) is 54.9 Å². The van der Waals surface area contributed by atoms with E-state index in [0.717, 1.165) is 87.9 Å². The Kier molecular flexibility index (Phi) is 9.30. The lowest BCUT2D eigenvalue weighted by Crippen LogP contribution is -2.52. The van der Waals surface area contributed by atoms with Gasteiger partial charge in [-0.15, -0.1) is 0 Å². The summed E-state index contributed by atoms with van der Waals surface area (Å²) in [6.45, 7) is 11.0. The van der Waals surface area contributed by atoms with E-state index in [1.807, 2.05) is 24.1 Å². The van der Waals surface area contributed by atoms with E-state index in [1.165, 1.54) is 11.1 Å². The third-order valence-electron chi connectivity index (χ3n) is 12.3. The van der Waals surface area contributed by atoms with Gasteiger partial charge in [-0.1, -0.05) is 12.6 Å². The summed E-state index contributed by atoms with van der Waals surface area (Å²) in [6.07, 6.45) is 5.22. The molecule has 4 fully saturated rings. The van der Waals surface area contributed by atoms with E-state index < -0.39 is 23.8 Å². The van der Waals surface area contributed by atoms with Crippen LogP contribution in [0.4, 0.5) is 27.8 Å². The summed E-state index contributed by atoms with van der Waals surface area (Å²) in [7, 11) is 1.83. The molecule has 2 aromatic carbocycles. The van der Waals surface area contributed by atoms with Gasteiger partial charge in [0.2, 0.25) is 5.91 Å².